The Hall–Kier alpha value is -2.22. The largest absolute Gasteiger partial charge is 0.322 e. The van der Waals surface area contributed by atoms with Crippen LogP contribution in [0.3, 0.4) is 0 Å². The van der Waals surface area contributed by atoms with Crippen LogP contribution < -0.4 is 9.80 Å². The third-order valence-corrected chi connectivity index (χ3v) is 6.41. The summed E-state index contributed by atoms with van der Waals surface area (Å²) in [6, 6.07) is 19.9. The summed E-state index contributed by atoms with van der Waals surface area (Å²) in [5, 5.41) is 0. The summed E-state index contributed by atoms with van der Waals surface area (Å²) < 4.78 is 0. The summed E-state index contributed by atoms with van der Waals surface area (Å²) in [4.78, 5) is 5.29. The molecule has 1 heterocycles. The van der Waals surface area contributed by atoms with Gasteiger partial charge in [0, 0.05) is 34.1 Å². The van der Waals surface area contributed by atoms with Crippen LogP contribution >= 0.6 is 0 Å². The van der Waals surface area contributed by atoms with Crippen molar-refractivity contribution < 1.29 is 0 Å². The molecule has 1 saturated carbocycles. The summed E-state index contributed by atoms with van der Waals surface area (Å²) in [7, 11) is 0. The van der Waals surface area contributed by atoms with Crippen molar-refractivity contribution in [3.63, 3.8) is 0 Å². The van der Waals surface area contributed by atoms with E-state index in [4.69, 9.17) is 0 Å². The lowest BCUT2D eigenvalue weighted by Gasteiger charge is -2.44. The maximum absolute atomic E-state index is 2.66. The average molecular weight is 375 g/mol. The number of anilines is 2. The first-order valence-corrected chi connectivity index (χ1v) is 10.8. The van der Waals surface area contributed by atoms with Crippen molar-refractivity contribution in [2.75, 3.05) is 9.80 Å². The van der Waals surface area contributed by atoms with Crippen molar-refractivity contribution in [3.05, 3.63) is 71.6 Å². The van der Waals surface area contributed by atoms with Crippen molar-refractivity contribution >= 4 is 11.4 Å². The van der Waals surface area contributed by atoms with E-state index in [1.165, 1.54) is 48.3 Å². The third kappa shape index (κ3) is 3.23. The molecule has 0 saturated heterocycles. The van der Waals surface area contributed by atoms with Crippen LogP contribution in [0.25, 0.3) is 0 Å². The summed E-state index contributed by atoms with van der Waals surface area (Å²) in [5.41, 5.74) is 7.09. The highest BCUT2D eigenvalue weighted by Gasteiger charge is 2.46. The van der Waals surface area contributed by atoms with E-state index >= 15 is 0 Å². The number of rotatable bonds is 3. The monoisotopic (exact) mass is 374 g/mol. The SMILES string of the molecule is CC1=C(C2CCCC2)N(c2ccccc2)C(C(C)(C)C)N1c1ccccc1C. The molecule has 1 unspecified atom stereocenters. The molecule has 0 amide bonds. The van der Waals surface area contributed by atoms with Gasteiger partial charge in [0.2, 0.25) is 0 Å². The molecule has 148 valence electrons. The number of nitrogens with zero attached hydrogens (tertiary/aromatic N) is 2. The Labute approximate surface area is 170 Å². The molecule has 2 aliphatic rings. The fourth-order valence-corrected chi connectivity index (χ4v) is 5.21. The molecule has 1 atom stereocenters. The van der Waals surface area contributed by atoms with E-state index in [1.54, 1.807) is 5.70 Å². The van der Waals surface area contributed by atoms with E-state index in [-0.39, 0.29) is 11.6 Å². The first-order chi connectivity index (χ1) is 13.4. The minimum atomic E-state index is 0.0970. The van der Waals surface area contributed by atoms with Gasteiger partial charge in [-0.15, -0.1) is 0 Å². The molecular formula is C26H34N2. The molecule has 4 rings (SSSR count). The molecule has 0 N–H and O–H groups in total. The Kier molecular flexibility index (Phi) is 4.99. The second kappa shape index (κ2) is 7.31. The lowest BCUT2D eigenvalue weighted by Crippen LogP contribution is -2.50. The van der Waals surface area contributed by atoms with E-state index < -0.39 is 0 Å². The Morgan fingerprint density at radius 1 is 0.786 bits per heavy atom. The van der Waals surface area contributed by atoms with Crippen LogP contribution in [-0.4, -0.2) is 6.17 Å². The van der Waals surface area contributed by atoms with E-state index in [1.807, 2.05) is 0 Å². The lowest BCUT2D eigenvalue weighted by atomic mass is 9.89. The quantitative estimate of drug-likeness (QED) is 0.564. The highest BCUT2D eigenvalue weighted by Crippen LogP contribution is 2.49. The van der Waals surface area contributed by atoms with Crippen LogP contribution in [0.2, 0.25) is 0 Å². The van der Waals surface area contributed by atoms with Crippen LogP contribution in [0.1, 0.15) is 58.9 Å². The second-order valence-electron chi connectivity index (χ2n) is 9.55. The van der Waals surface area contributed by atoms with E-state index in [0.717, 1.165) is 0 Å². The van der Waals surface area contributed by atoms with Gasteiger partial charge < -0.3 is 9.80 Å². The Morgan fingerprint density at radius 2 is 1.39 bits per heavy atom. The van der Waals surface area contributed by atoms with Crippen molar-refractivity contribution in [1.82, 2.24) is 0 Å². The molecule has 28 heavy (non-hydrogen) atoms. The Balaban J connectivity index is 1.93. The van der Waals surface area contributed by atoms with E-state index in [0.29, 0.717) is 5.92 Å². The first-order valence-electron chi connectivity index (χ1n) is 10.8. The van der Waals surface area contributed by atoms with Crippen LogP contribution in [0, 0.1) is 18.3 Å². The van der Waals surface area contributed by atoms with Crippen molar-refractivity contribution in [2.24, 2.45) is 11.3 Å². The number of para-hydroxylation sites is 2. The molecular weight excluding hydrogens is 340 g/mol. The molecule has 2 aromatic carbocycles. The van der Waals surface area contributed by atoms with Crippen molar-refractivity contribution in [1.29, 1.82) is 0 Å². The fraction of sp³-hybridized carbons (Fsp3) is 0.462. The van der Waals surface area contributed by atoms with Gasteiger partial charge in [0.05, 0.1) is 0 Å². The minimum Gasteiger partial charge on any atom is -0.322 e. The van der Waals surface area contributed by atoms with Crippen LogP contribution in [0.4, 0.5) is 11.4 Å². The molecule has 0 bridgehead atoms. The molecule has 1 fully saturated rings. The van der Waals surface area contributed by atoms with Gasteiger partial charge in [0.1, 0.15) is 6.17 Å². The van der Waals surface area contributed by atoms with Gasteiger partial charge in [-0.1, -0.05) is 70.0 Å². The highest BCUT2D eigenvalue weighted by molar-refractivity contribution is 5.69. The molecule has 2 nitrogen and oxygen atoms in total. The summed E-state index contributed by atoms with van der Waals surface area (Å²) >= 11 is 0. The predicted octanol–water partition coefficient (Wildman–Crippen LogP) is 7.12. The molecule has 1 aliphatic carbocycles. The summed E-state index contributed by atoms with van der Waals surface area (Å²) in [6.07, 6.45) is 5.61. The number of allylic oxidation sites excluding steroid dienone is 2. The number of hydrogen-bond acceptors (Lipinski definition) is 2. The zero-order valence-corrected chi connectivity index (χ0v) is 18.1. The van der Waals surface area contributed by atoms with Gasteiger partial charge >= 0.3 is 0 Å². The van der Waals surface area contributed by atoms with Gasteiger partial charge in [-0.05, 0) is 50.5 Å². The third-order valence-electron chi connectivity index (χ3n) is 6.41. The van der Waals surface area contributed by atoms with Gasteiger partial charge in [-0.2, -0.15) is 0 Å². The maximum Gasteiger partial charge on any atom is 0.115 e. The average Bonchev–Trinajstić information content (AvgIpc) is 3.28. The predicted molar refractivity (Wildman–Crippen MR) is 120 cm³/mol. The van der Waals surface area contributed by atoms with Gasteiger partial charge in [-0.25, -0.2) is 0 Å². The Morgan fingerprint density at radius 3 is 2.00 bits per heavy atom. The van der Waals surface area contributed by atoms with E-state index in [2.05, 4.69) is 99.0 Å². The molecule has 0 radical (unpaired) electrons. The lowest BCUT2D eigenvalue weighted by molar-refractivity contribution is 0.319. The standard InChI is InChI=1S/C26H34N2/c1-19-13-9-12-18-23(19)27-20(2)24(21-14-10-11-15-21)28(25(27)26(3,4)5)22-16-7-6-8-17-22/h6-9,12-13,16-18,21,25H,10-11,14-15H2,1-5H3. The fourth-order valence-electron chi connectivity index (χ4n) is 5.21. The Bertz CT molecular complexity index is 854. The van der Waals surface area contributed by atoms with Crippen LogP contribution in [0.5, 0.6) is 0 Å². The summed E-state index contributed by atoms with van der Waals surface area (Å²) in [5.74, 6) is 0.666. The molecule has 0 aromatic heterocycles. The maximum atomic E-state index is 2.66. The zero-order chi connectivity index (χ0) is 19.9. The van der Waals surface area contributed by atoms with Gasteiger partial charge in [0.15, 0.2) is 0 Å². The highest BCUT2D eigenvalue weighted by atomic mass is 15.4. The second-order valence-corrected chi connectivity index (χ2v) is 9.55. The summed E-state index contributed by atoms with van der Waals surface area (Å²) in [6.45, 7) is 11.7. The molecule has 0 spiro atoms. The van der Waals surface area contributed by atoms with E-state index in [9.17, 15) is 0 Å². The normalized spacial score (nSPS) is 21.1. The topological polar surface area (TPSA) is 6.48 Å². The van der Waals surface area contributed by atoms with Gasteiger partial charge in [0.25, 0.3) is 0 Å². The van der Waals surface area contributed by atoms with Crippen molar-refractivity contribution in [3.8, 4) is 0 Å². The number of aryl methyl sites for hydroxylation is 1. The minimum absolute atomic E-state index is 0.0970. The smallest absolute Gasteiger partial charge is 0.115 e. The molecule has 2 heteroatoms. The van der Waals surface area contributed by atoms with Crippen molar-refractivity contribution in [2.45, 2.75) is 66.5 Å². The van der Waals surface area contributed by atoms with Gasteiger partial charge in [-0.3, -0.25) is 0 Å². The number of hydrogen-bond donors (Lipinski definition) is 0. The zero-order valence-electron chi connectivity index (χ0n) is 18.1. The first kappa shape index (κ1) is 19.1. The molecule has 1 aliphatic heterocycles. The van der Waals surface area contributed by atoms with Crippen LogP contribution in [-0.2, 0) is 0 Å². The number of benzene rings is 2. The molecule has 2 aromatic rings. The van der Waals surface area contributed by atoms with Crippen LogP contribution in [0.15, 0.2) is 66.0 Å².